The minimum Gasteiger partial charge on any atom is -0.454 e. The van der Waals surface area contributed by atoms with E-state index in [-0.39, 0.29) is 12.7 Å². The van der Waals surface area contributed by atoms with Crippen LogP contribution in [0.5, 0.6) is 11.5 Å². The van der Waals surface area contributed by atoms with E-state index < -0.39 is 0 Å². The fraction of sp³-hybridized carbons (Fsp3) is 0.385. The maximum atomic E-state index is 11.7. The number of thioether (sulfide) groups is 1. The van der Waals surface area contributed by atoms with Gasteiger partial charge in [-0.25, -0.2) is 0 Å². The maximum Gasteiger partial charge on any atom is 0.231 e. The Morgan fingerprint density at radius 1 is 1.40 bits per heavy atom. The summed E-state index contributed by atoms with van der Waals surface area (Å²) in [6.45, 7) is 0.717. The highest BCUT2D eigenvalue weighted by atomic mass is 32.2. The van der Waals surface area contributed by atoms with Crippen LogP contribution in [0.15, 0.2) is 18.2 Å². The molecule has 108 valence electrons. The van der Waals surface area contributed by atoms with E-state index in [1.54, 1.807) is 0 Å². The number of thiocarbonyl (C=S) groups is 1. The number of fused-ring (bicyclic) bond motifs is 1. The van der Waals surface area contributed by atoms with Gasteiger partial charge in [0, 0.05) is 20.6 Å². The van der Waals surface area contributed by atoms with Crippen molar-refractivity contribution in [2.24, 2.45) is 0 Å². The van der Waals surface area contributed by atoms with E-state index in [2.05, 4.69) is 5.32 Å². The SMILES string of the molecule is CN(C)C(=S)SCC(=O)NCc1ccc2c(c1)OCO2. The summed E-state index contributed by atoms with van der Waals surface area (Å²) in [7, 11) is 3.72. The normalized spacial score (nSPS) is 12.1. The number of rotatable bonds is 4. The van der Waals surface area contributed by atoms with Gasteiger partial charge in [0.2, 0.25) is 12.7 Å². The third-order valence-electron chi connectivity index (χ3n) is 2.62. The van der Waals surface area contributed by atoms with Gasteiger partial charge in [-0.3, -0.25) is 4.79 Å². The van der Waals surface area contributed by atoms with Crippen molar-refractivity contribution in [2.75, 3.05) is 26.6 Å². The molecule has 1 heterocycles. The van der Waals surface area contributed by atoms with E-state index in [9.17, 15) is 4.79 Å². The molecule has 1 aliphatic rings. The summed E-state index contributed by atoms with van der Waals surface area (Å²) in [5.74, 6) is 1.74. The zero-order valence-corrected chi connectivity index (χ0v) is 13.0. The number of amides is 1. The van der Waals surface area contributed by atoms with Gasteiger partial charge in [0.25, 0.3) is 0 Å². The molecule has 0 bridgehead atoms. The summed E-state index contributed by atoms with van der Waals surface area (Å²) in [4.78, 5) is 13.5. The number of carbonyl (C=O) groups excluding carboxylic acids is 1. The zero-order valence-electron chi connectivity index (χ0n) is 11.3. The number of hydrogen-bond donors (Lipinski definition) is 1. The van der Waals surface area contributed by atoms with Gasteiger partial charge in [-0.15, -0.1) is 0 Å². The zero-order chi connectivity index (χ0) is 14.5. The van der Waals surface area contributed by atoms with Crippen LogP contribution < -0.4 is 14.8 Å². The lowest BCUT2D eigenvalue weighted by Gasteiger charge is -2.12. The molecule has 0 aliphatic carbocycles. The van der Waals surface area contributed by atoms with Crippen molar-refractivity contribution in [3.8, 4) is 11.5 Å². The van der Waals surface area contributed by atoms with Crippen molar-refractivity contribution in [3.05, 3.63) is 23.8 Å². The number of nitrogens with one attached hydrogen (secondary N) is 1. The quantitative estimate of drug-likeness (QED) is 0.853. The maximum absolute atomic E-state index is 11.7. The second-order valence-electron chi connectivity index (χ2n) is 4.41. The average molecular weight is 312 g/mol. The molecule has 1 N–H and O–H groups in total. The minimum atomic E-state index is -0.0446. The molecule has 0 fully saturated rings. The third-order valence-corrected chi connectivity index (χ3v) is 4.36. The van der Waals surface area contributed by atoms with E-state index in [0.717, 1.165) is 17.1 Å². The van der Waals surface area contributed by atoms with Crippen LogP contribution in [0.2, 0.25) is 0 Å². The summed E-state index contributed by atoms with van der Waals surface area (Å²) < 4.78 is 11.2. The van der Waals surface area contributed by atoms with E-state index in [0.29, 0.717) is 16.6 Å². The van der Waals surface area contributed by atoms with Gasteiger partial charge in [0.1, 0.15) is 4.32 Å². The molecule has 1 amide bonds. The monoisotopic (exact) mass is 312 g/mol. The van der Waals surface area contributed by atoms with Gasteiger partial charge >= 0.3 is 0 Å². The molecule has 1 aromatic rings. The van der Waals surface area contributed by atoms with Gasteiger partial charge < -0.3 is 19.7 Å². The van der Waals surface area contributed by atoms with E-state index >= 15 is 0 Å². The molecular weight excluding hydrogens is 296 g/mol. The Bertz CT molecular complexity index is 520. The van der Waals surface area contributed by atoms with Crippen LogP contribution >= 0.6 is 24.0 Å². The summed E-state index contributed by atoms with van der Waals surface area (Å²) in [6, 6.07) is 5.63. The predicted octanol–water partition coefficient (Wildman–Crippen LogP) is 1.61. The molecule has 0 radical (unpaired) electrons. The molecule has 2 rings (SSSR count). The van der Waals surface area contributed by atoms with Crippen LogP contribution in [0.1, 0.15) is 5.56 Å². The lowest BCUT2D eigenvalue weighted by atomic mass is 10.2. The lowest BCUT2D eigenvalue weighted by molar-refractivity contribution is -0.118. The molecule has 0 atom stereocenters. The van der Waals surface area contributed by atoms with Crippen LogP contribution in [-0.4, -0.2) is 41.8 Å². The summed E-state index contributed by atoms with van der Waals surface area (Å²) in [5.41, 5.74) is 0.975. The second kappa shape index (κ2) is 6.81. The molecule has 1 aliphatic heterocycles. The second-order valence-corrected chi connectivity index (χ2v) is 6.02. The van der Waals surface area contributed by atoms with Crippen molar-refractivity contribution in [2.45, 2.75) is 6.54 Å². The number of hydrogen-bond acceptors (Lipinski definition) is 5. The van der Waals surface area contributed by atoms with E-state index in [4.69, 9.17) is 21.7 Å². The first-order valence-corrected chi connectivity index (χ1v) is 7.45. The van der Waals surface area contributed by atoms with Crippen LogP contribution in [0, 0.1) is 0 Å². The summed E-state index contributed by atoms with van der Waals surface area (Å²) in [6.07, 6.45) is 0. The Kier molecular flexibility index (Phi) is 5.08. The van der Waals surface area contributed by atoms with E-state index in [1.165, 1.54) is 11.8 Å². The molecule has 0 saturated carbocycles. The van der Waals surface area contributed by atoms with Gasteiger partial charge in [-0.1, -0.05) is 30.0 Å². The summed E-state index contributed by atoms with van der Waals surface area (Å²) >= 11 is 6.46. The van der Waals surface area contributed by atoms with Crippen LogP contribution in [0.3, 0.4) is 0 Å². The van der Waals surface area contributed by atoms with Gasteiger partial charge in [-0.05, 0) is 17.7 Å². The molecule has 5 nitrogen and oxygen atoms in total. The van der Waals surface area contributed by atoms with Crippen LogP contribution in [0.4, 0.5) is 0 Å². The Morgan fingerprint density at radius 2 is 2.15 bits per heavy atom. The standard InChI is InChI=1S/C13H16N2O3S2/c1-15(2)13(19)20-7-12(16)14-6-9-3-4-10-11(5-9)18-8-17-10/h3-5H,6-8H2,1-2H3,(H,14,16). The average Bonchev–Trinajstić information content (AvgIpc) is 2.89. The van der Waals surface area contributed by atoms with Crippen molar-refractivity contribution >= 4 is 34.2 Å². The van der Waals surface area contributed by atoms with Crippen molar-refractivity contribution in [1.29, 1.82) is 0 Å². The highest BCUT2D eigenvalue weighted by molar-refractivity contribution is 8.23. The van der Waals surface area contributed by atoms with Crippen LogP contribution in [0.25, 0.3) is 0 Å². The van der Waals surface area contributed by atoms with Crippen molar-refractivity contribution < 1.29 is 14.3 Å². The van der Waals surface area contributed by atoms with Gasteiger partial charge in [0.15, 0.2) is 11.5 Å². The molecule has 0 unspecified atom stereocenters. The number of nitrogens with zero attached hydrogens (tertiary/aromatic N) is 1. The minimum absolute atomic E-state index is 0.0446. The first-order chi connectivity index (χ1) is 9.56. The molecule has 0 saturated heterocycles. The molecule has 1 aromatic carbocycles. The highest BCUT2D eigenvalue weighted by Gasteiger charge is 2.13. The van der Waals surface area contributed by atoms with Crippen molar-refractivity contribution in [1.82, 2.24) is 10.2 Å². The Morgan fingerprint density at radius 3 is 2.90 bits per heavy atom. The van der Waals surface area contributed by atoms with Crippen LogP contribution in [-0.2, 0) is 11.3 Å². The Hall–Kier alpha value is -1.47. The molecule has 7 heteroatoms. The smallest absolute Gasteiger partial charge is 0.231 e. The molecular formula is C13H16N2O3S2. The van der Waals surface area contributed by atoms with Gasteiger partial charge in [0.05, 0.1) is 5.75 Å². The van der Waals surface area contributed by atoms with E-state index in [1.807, 2.05) is 37.2 Å². The summed E-state index contributed by atoms with van der Waals surface area (Å²) in [5, 5.41) is 2.85. The third kappa shape index (κ3) is 4.01. The van der Waals surface area contributed by atoms with Gasteiger partial charge in [-0.2, -0.15) is 0 Å². The largest absolute Gasteiger partial charge is 0.454 e. The first-order valence-electron chi connectivity index (χ1n) is 6.05. The molecule has 0 aromatic heterocycles. The predicted molar refractivity (Wildman–Crippen MR) is 83.2 cm³/mol. The van der Waals surface area contributed by atoms with Crippen molar-refractivity contribution in [3.63, 3.8) is 0 Å². The number of benzene rings is 1. The fourth-order valence-corrected chi connectivity index (χ4v) is 2.35. The lowest BCUT2D eigenvalue weighted by Crippen LogP contribution is -2.26. The Balaban J connectivity index is 1.77. The highest BCUT2D eigenvalue weighted by Crippen LogP contribution is 2.32. The fourth-order valence-electron chi connectivity index (χ4n) is 1.56. The number of carbonyl (C=O) groups is 1. The Labute approximate surface area is 127 Å². The number of ether oxygens (including phenoxy) is 2. The molecule has 0 spiro atoms. The first kappa shape index (κ1) is 14.9. The topological polar surface area (TPSA) is 50.8 Å². The molecule has 20 heavy (non-hydrogen) atoms.